The molecule has 0 saturated carbocycles. The SMILES string of the molecule is c1ccc(N(c2ccccc2)c2ccc3c(c2)Sc2cccc4c2c-3cc2ccc(N(c3ccccc3)c3ccc5c(c3)oc3ccccc35)cc24)cc1. The number of furan rings is 1. The Bertz CT molecular complexity index is 2990. The van der Waals surface area contributed by atoms with Crippen LogP contribution in [-0.2, 0) is 0 Å². The topological polar surface area (TPSA) is 19.6 Å². The molecule has 0 fully saturated rings. The van der Waals surface area contributed by atoms with E-state index in [-0.39, 0.29) is 0 Å². The second-order valence-corrected chi connectivity index (χ2v) is 14.8. The van der Waals surface area contributed by atoms with Crippen molar-refractivity contribution in [1.82, 2.24) is 0 Å². The van der Waals surface area contributed by atoms with Crippen molar-refractivity contribution in [3.63, 3.8) is 0 Å². The maximum absolute atomic E-state index is 6.35. The average Bonchev–Trinajstić information content (AvgIpc) is 3.60. The van der Waals surface area contributed by atoms with Crippen LogP contribution >= 0.6 is 11.8 Å². The molecule has 0 N–H and O–H groups in total. The number of fused-ring (bicyclic) bond motifs is 7. The summed E-state index contributed by atoms with van der Waals surface area (Å²) in [7, 11) is 0. The number of para-hydroxylation sites is 4. The van der Waals surface area contributed by atoms with Gasteiger partial charge in [-0.05, 0) is 118 Å². The molecule has 3 nitrogen and oxygen atoms in total. The number of benzene rings is 9. The first-order valence-corrected chi connectivity index (χ1v) is 19.1. The van der Waals surface area contributed by atoms with E-state index >= 15 is 0 Å². The van der Waals surface area contributed by atoms with Crippen LogP contribution in [0.4, 0.5) is 34.1 Å². The number of hydrogen-bond acceptors (Lipinski definition) is 4. The van der Waals surface area contributed by atoms with Crippen LogP contribution in [0.15, 0.2) is 208 Å². The fourth-order valence-corrected chi connectivity index (χ4v) is 9.33. The molecule has 0 spiro atoms. The zero-order valence-corrected chi connectivity index (χ0v) is 30.0. The van der Waals surface area contributed by atoms with E-state index in [0.29, 0.717) is 0 Å². The maximum atomic E-state index is 6.35. The highest BCUT2D eigenvalue weighted by atomic mass is 32.2. The van der Waals surface area contributed by atoms with E-state index in [1.807, 2.05) is 23.9 Å². The Morgan fingerprint density at radius 3 is 1.65 bits per heavy atom. The second kappa shape index (κ2) is 12.4. The van der Waals surface area contributed by atoms with E-state index in [1.165, 1.54) is 42.5 Å². The lowest BCUT2D eigenvalue weighted by Crippen LogP contribution is -2.10. The molecule has 4 heteroatoms. The van der Waals surface area contributed by atoms with Gasteiger partial charge in [0.05, 0.1) is 0 Å². The minimum atomic E-state index is 0.881. The van der Waals surface area contributed by atoms with Crippen molar-refractivity contribution in [2.45, 2.75) is 9.79 Å². The van der Waals surface area contributed by atoms with E-state index in [2.05, 4.69) is 192 Å². The molecular formula is C50H32N2OS. The number of hydrogen-bond donors (Lipinski definition) is 0. The number of rotatable bonds is 6. The molecule has 1 aromatic heterocycles. The summed E-state index contributed by atoms with van der Waals surface area (Å²) in [6.45, 7) is 0. The Kier molecular flexibility index (Phi) is 7.10. The van der Waals surface area contributed by atoms with Gasteiger partial charge in [-0.2, -0.15) is 0 Å². The van der Waals surface area contributed by atoms with Gasteiger partial charge in [-0.1, -0.05) is 109 Å². The van der Waals surface area contributed by atoms with Crippen molar-refractivity contribution in [2.75, 3.05) is 9.80 Å². The van der Waals surface area contributed by atoms with Gasteiger partial charge in [0.2, 0.25) is 0 Å². The van der Waals surface area contributed by atoms with Crippen LogP contribution in [0.25, 0.3) is 54.6 Å². The van der Waals surface area contributed by atoms with Gasteiger partial charge >= 0.3 is 0 Å². The molecule has 1 aliphatic heterocycles. The van der Waals surface area contributed by atoms with Crippen LogP contribution in [0, 0.1) is 0 Å². The molecule has 0 amide bonds. The lowest BCUT2D eigenvalue weighted by Gasteiger charge is -2.28. The van der Waals surface area contributed by atoms with Gasteiger partial charge in [0.1, 0.15) is 11.2 Å². The van der Waals surface area contributed by atoms with Gasteiger partial charge in [0.25, 0.3) is 0 Å². The summed E-state index contributed by atoms with van der Waals surface area (Å²) < 4.78 is 6.35. The summed E-state index contributed by atoms with van der Waals surface area (Å²) in [5.41, 5.74) is 11.0. The molecule has 0 atom stereocenters. The molecule has 0 radical (unpaired) electrons. The Morgan fingerprint density at radius 1 is 0.333 bits per heavy atom. The quantitative estimate of drug-likeness (QED) is 0.160. The molecule has 11 rings (SSSR count). The van der Waals surface area contributed by atoms with E-state index in [4.69, 9.17) is 4.42 Å². The van der Waals surface area contributed by atoms with Crippen LogP contribution in [0.3, 0.4) is 0 Å². The third-order valence-electron chi connectivity index (χ3n) is 10.6. The fourth-order valence-electron chi connectivity index (χ4n) is 8.16. The molecule has 9 aromatic carbocycles. The number of nitrogens with zero attached hydrogens (tertiary/aromatic N) is 2. The highest BCUT2D eigenvalue weighted by Crippen LogP contribution is 2.52. The largest absolute Gasteiger partial charge is 0.456 e. The molecule has 254 valence electrons. The Labute approximate surface area is 317 Å². The van der Waals surface area contributed by atoms with E-state index < -0.39 is 0 Å². The minimum Gasteiger partial charge on any atom is -0.456 e. The van der Waals surface area contributed by atoms with E-state index in [1.54, 1.807) is 0 Å². The average molecular weight is 709 g/mol. The molecule has 2 heterocycles. The highest BCUT2D eigenvalue weighted by Gasteiger charge is 2.24. The zero-order chi connectivity index (χ0) is 35.6. The third kappa shape index (κ3) is 4.99. The summed E-state index contributed by atoms with van der Waals surface area (Å²) in [6, 6.07) is 69.6. The van der Waals surface area contributed by atoms with Crippen LogP contribution in [-0.4, -0.2) is 0 Å². The summed E-state index contributed by atoms with van der Waals surface area (Å²) in [4.78, 5) is 7.21. The van der Waals surface area contributed by atoms with E-state index in [0.717, 1.165) is 56.1 Å². The first-order valence-electron chi connectivity index (χ1n) is 18.3. The standard InChI is InChI=1S/C50H32N2OS/c1-4-13-34(14-5-1)51(35-15-6-2-7-16-35)39-26-28-42-45-29-33-23-24-37(30-44(33)43-20-12-22-48(50(43)45)54-49(42)32-39)52(36-17-8-3-9-18-36)38-25-27-41-40-19-10-11-21-46(40)53-47(41)31-38/h1-32H. The van der Waals surface area contributed by atoms with Crippen molar-refractivity contribution in [3.8, 4) is 11.1 Å². The first-order chi connectivity index (χ1) is 26.8. The molecule has 10 aromatic rings. The normalized spacial score (nSPS) is 12.0. The molecule has 0 saturated heterocycles. The van der Waals surface area contributed by atoms with Crippen molar-refractivity contribution < 1.29 is 4.42 Å². The zero-order valence-electron chi connectivity index (χ0n) is 29.2. The van der Waals surface area contributed by atoms with Crippen molar-refractivity contribution >= 4 is 89.4 Å². The highest BCUT2D eigenvalue weighted by molar-refractivity contribution is 7.99. The van der Waals surface area contributed by atoms with E-state index in [9.17, 15) is 0 Å². The monoisotopic (exact) mass is 708 g/mol. The van der Waals surface area contributed by atoms with Crippen LogP contribution in [0.2, 0.25) is 0 Å². The smallest absolute Gasteiger partial charge is 0.137 e. The summed E-state index contributed by atoms with van der Waals surface area (Å²) >= 11 is 1.86. The van der Waals surface area contributed by atoms with Gasteiger partial charge in [-0.3, -0.25) is 0 Å². The molecule has 0 bridgehead atoms. The van der Waals surface area contributed by atoms with Crippen LogP contribution < -0.4 is 9.80 Å². The molecule has 0 aliphatic carbocycles. The van der Waals surface area contributed by atoms with Crippen LogP contribution in [0.1, 0.15) is 0 Å². The lowest BCUT2D eigenvalue weighted by molar-refractivity contribution is 0.669. The molecule has 0 unspecified atom stereocenters. The van der Waals surface area contributed by atoms with Crippen molar-refractivity contribution in [1.29, 1.82) is 0 Å². The minimum absolute atomic E-state index is 0.881. The molecule has 1 aliphatic rings. The second-order valence-electron chi connectivity index (χ2n) is 13.7. The Balaban J connectivity index is 1.05. The van der Waals surface area contributed by atoms with Crippen LogP contribution in [0.5, 0.6) is 0 Å². The molecule has 54 heavy (non-hydrogen) atoms. The molecular weight excluding hydrogens is 677 g/mol. The fraction of sp³-hybridized carbons (Fsp3) is 0. The third-order valence-corrected chi connectivity index (χ3v) is 11.7. The maximum Gasteiger partial charge on any atom is 0.137 e. The van der Waals surface area contributed by atoms with Gasteiger partial charge in [0.15, 0.2) is 0 Å². The summed E-state index contributed by atoms with van der Waals surface area (Å²) in [6.07, 6.45) is 0. The predicted molar refractivity (Wildman–Crippen MR) is 228 cm³/mol. The number of anilines is 6. The van der Waals surface area contributed by atoms with Gasteiger partial charge in [-0.25, -0.2) is 0 Å². The van der Waals surface area contributed by atoms with Gasteiger partial charge in [-0.15, -0.1) is 0 Å². The van der Waals surface area contributed by atoms with Crippen molar-refractivity contribution in [2.24, 2.45) is 0 Å². The lowest BCUT2D eigenvalue weighted by atomic mass is 9.92. The first kappa shape index (κ1) is 30.8. The van der Waals surface area contributed by atoms with Gasteiger partial charge < -0.3 is 14.2 Å². The van der Waals surface area contributed by atoms with Crippen molar-refractivity contribution in [3.05, 3.63) is 194 Å². The predicted octanol–water partition coefficient (Wildman–Crippen LogP) is 15.0. The summed E-state index contributed by atoms with van der Waals surface area (Å²) in [5, 5.41) is 7.29. The summed E-state index contributed by atoms with van der Waals surface area (Å²) in [5.74, 6) is 0. The van der Waals surface area contributed by atoms with Gasteiger partial charge in [0, 0.05) is 66.1 Å². The Morgan fingerprint density at radius 2 is 0.907 bits per heavy atom. The Hall–Kier alpha value is -6.75.